The van der Waals surface area contributed by atoms with Crippen LogP contribution in [0.4, 0.5) is 4.39 Å². The molecule has 1 aliphatic heterocycles. The van der Waals surface area contributed by atoms with Gasteiger partial charge < -0.3 is 5.11 Å². The lowest BCUT2D eigenvalue weighted by atomic mass is 10.1. The van der Waals surface area contributed by atoms with Gasteiger partial charge in [0, 0.05) is 19.1 Å². The smallest absolute Gasteiger partial charge is 0.280 e. The van der Waals surface area contributed by atoms with Crippen molar-refractivity contribution in [1.29, 1.82) is 0 Å². The van der Waals surface area contributed by atoms with Crippen LogP contribution in [-0.4, -0.2) is 37.0 Å². The molecule has 7 heteroatoms. The zero-order chi connectivity index (χ0) is 14.6. The Morgan fingerprint density at radius 3 is 2.90 bits per heavy atom. The van der Waals surface area contributed by atoms with E-state index in [4.69, 9.17) is 0 Å². The van der Waals surface area contributed by atoms with Gasteiger partial charge in [0.05, 0.1) is 6.61 Å². The third kappa shape index (κ3) is 3.76. The Morgan fingerprint density at radius 2 is 2.20 bits per heavy atom. The highest BCUT2D eigenvalue weighted by Gasteiger charge is 2.31. The molecule has 0 saturated carbocycles. The summed E-state index contributed by atoms with van der Waals surface area (Å²) in [7, 11) is -3.65. The van der Waals surface area contributed by atoms with Crippen LogP contribution >= 0.6 is 0 Å². The third-order valence-corrected chi connectivity index (χ3v) is 5.05. The van der Waals surface area contributed by atoms with Crippen molar-refractivity contribution in [3.63, 3.8) is 0 Å². The zero-order valence-electron chi connectivity index (χ0n) is 11.1. The standard InChI is InChI=1S/C13H19FN2O3S/c14-12-5-3-4-11(8-12)9-15-20(18,19)16-7-2-1-6-13(16)10-17/h3-5,8,13,15,17H,1-2,6-7,9-10H2. The minimum atomic E-state index is -3.65. The summed E-state index contributed by atoms with van der Waals surface area (Å²) in [6.45, 7) is 0.263. The maximum atomic E-state index is 13.0. The first kappa shape index (κ1) is 15.4. The van der Waals surface area contributed by atoms with Crippen molar-refractivity contribution in [3.8, 4) is 0 Å². The molecule has 1 heterocycles. The molecule has 0 radical (unpaired) electrons. The fourth-order valence-corrected chi connectivity index (χ4v) is 3.83. The summed E-state index contributed by atoms with van der Waals surface area (Å²) in [5, 5.41) is 9.26. The topological polar surface area (TPSA) is 69.6 Å². The van der Waals surface area contributed by atoms with Gasteiger partial charge in [-0.15, -0.1) is 0 Å². The molecule has 1 aromatic rings. The van der Waals surface area contributed by atoms with Crippen LogP contribution < -0.4 is 4.72 Å². The predicted octanol–water partition coefficient (Wildman–Crippen LogP) is 1.01. The van der Waals surface area contributed by atoms with E-state index in [0.717, 1.165) is 12.8 Å². The molecule has 1 saturated heterocycles. The summed E-state index contributed by atoms with van der Waals surface area (Å²) >= 11 is 0. The monoisotopic (exact) mass is 302 g/mol. The summed E-state index contributed by atoms with van der Waals surface area (Å²) in [5.41, 5.74) is 0.561. The first-order chi connectivity index (χ1) is 9.53. The predicted molar refractivity (Wildman–Crippen MR) is 73.6 cm³/mol. The minimum Gasteiger partial charge on any atom is -0.395 e. The Hall–Kier alpha value is -1.02. The molecule has 2 N–H and O–H groups in total. The van der Waals surface area contributed by atoms with Gasteiger partial charge in [0.15, 0.2) is 0 Å². The van der Waals surface area contributed by atoms with Crippen molar-refractivity contribution in [2.75, 3.05) is 13.2 Å². The number of nitrogens with one attached hydrogen (secondary N) is 1. The quantitative estimate of drug-likeness (QED) is 0.853. The second-order valence-corrected chi connectivity index (χ2v) is 6.61. The van der Waals surface area contributed by atoms with E-state index in [1.54, 1.807) is 6.07 Å². The van der Waals surface area contributed by atoms with Crippen LogP contribution in [0.25, 0.3) is 0 Å². The number of nitrogens with zero attached hydrogens (tertiary/aromatic N) is 1. The molecule has 1 unspecified atom stereocenters. The van der Waals surface area contributed by atoms with Crippen molar-refractivity contribution in [2.45, 2.75) is 31.8 Å². The fourth-order valence-electron chi connectivity index (χ4n) is 2.38. The van der Waals surface area contributed by atoms with Crippen molar-refractivity contribution < 1.29 is 17.9 Å². The molecule has 2 rings (SSSR count). The number of aliphatic hydroxyl groups is 1. The van der Waals surface area contributed by atoms with E-state index in [2.05, 4.69) is 4.72 Å². The number of rotatable bonds is 5. The van der Waals surface area contributed by atoms with E-state index in [1.807, 2.05) is 0 Å². The molecule has 0 aliphatic carbocycles. The van der Waals surface area contributed by atoms with Gasteiger partial charge in [-0.1, -0.05) is 18.6 Å². The highest BCUT2D eigenvalue weighted by molar-refractivity contribution is 7.87. The Balaban J connectivity index is 2.03. The van der Waals surface area contributed by atoms with Gasteiger partial charge in [0.2, 0.25) is 0 Å². The highest BCUT2D eigenvalue weighted by Crippen LogP contribution is 2.19. The van der Waals surface area contributed by atoms with Crippen LogP contribution in [0.2, 0.25) is 0 Å². The van der Waals surface area contributed by atoms with Gasteiger partial charge in [-0.2, -0.15) is 17.4 Å². The molecule has 1 aromatic carbocycles. The normalized spacial score (nSPS) is 21.0. The van der Waals surface area contributed by atoms with E-state index >= 15 is 0 Å². The van der Waals surface area contributed by atoms with Gasteiger partial charge in [-0.25, -0.2) is 4.39 Å². The average molecular weight is 302 g/mol. The number of hydrogen-bond donors (Lipinski definition) is 2. The van der Waals surface area contributed by atoms with Crippen molar-refractivity contribution >= 4 is 10.2 Å². The first-order valence-electron chi connectivity index (χ1n) is 6.64. The number of benzene rings is 1. The fraction of sp³-hybridized carbons (Fsp3) is 0.538. The minimum absolute atomic E-state index is 0.0365. The first-order valence-corrected chi connectivity index (χ1v) is 8.08. The molecule has 0 aromatic heterocycles. The van der Waals surface area contributed by atoms with Crippen molar-refractivity contribution in [3.05, 3.63) is 35.6 Å². The summed E-state index contributed by atoms with van der Waals surface area (Å²) in [5.74, 6) is -0.395. The molecule has 20 heavy (non-hydrogen) atoms. The van der Waals surface area contributed by atoms with E-state index in [0.29, 0.717) is 18.5 Å². The number of aliphatic hydroxyl groups excluding tert-OH is 1. The summed E-state index contributed by atoms with van der Waals surface area (Å²) in [4.78, 5) is 0. The van der Waals surface area contributed by atoms with E-state index in [9.17, 15) is 17.9 Å². The number of hydrogen-bond acceptors (Lipinski definition) is 3. The van der Waals surface area contributed by atoms with Crippen LogP contribution in [0.1, 0.15) is 24.8 Å². The molecule has 1 aliphatic rings. The van der Waals surface area contributed by atoms with Crippen LogP contribution in [-0.2, 0) is 16.8 Å². The Morgan fingerprint density at radius 1 is 1.40 bits per heavy atom. The van der Waals surface area contributed by atoms with Crippen molar-refractivity contribution in [1.82, 2.24) is 9.03 Å². The molecular weight excluding hydrogens is 283 g/mol. The molecule has 5 nitrogen and oxygen atoms in total. The second kappa shape index (κ2) is 6.62. The van der Waals surface area contributed by atoms with Gasteiger partial charge in [-0.3, -0.25) is 0 Å². The van der Waals surface area contributed by atoms with E-state index in [1.165, 1.54) is 22.5 Å². The molecular formula is C13H19FN2O3S. The lowest BCUT2D eigenvalue weighted by Gasteiger charge is -2.33. The summed E-state index contributed by atoms with van der Waals surface area (Å²) in [6, 6.07) is 5.43. The van der Waals surface area contributed by atoms with Crippen LogP contribution in [0.15, 0.2) is 24.3 Å². The van der Waals surface area contributed by atoms with Gasteiger partial charge in [0.1, 0.15) is 5.82 Å². The Bertz CT molecular complexity index is 550. The molecule has 1 atom stereocenters. The third-order valence-electron chi connectivity index (χ3n) is 3.44. The lowest BCUT2D eigenvalue weighted by Crippen LogP contribution is -2.50. The summed E-state index contributed by atoms with van der Waals surface area (Å²) < 4.78 is 41.2. The van der Waals surface area contributed by atoms with Gasteiger partial charge >= 0.3 is 0 Å². The Kier molecular flexibility index (Phi) is 5.09. The highest BCUT2D eigenvalue weighted by atomic mass is 32.2. The van der Waals surface area contributed by atoms with Crippen molar-refractivity contribution in [2.24, 2.45) is 0 Å². The van der Waals surface area contributed by atoms with Crippen LogP contribution in [0.3, 0.4) is 0 Å². The lowest BCUT2D eigenvalue weighted by molar-refractivity contribution is 0.154. The zero-order valence-corrected chi connectivity index (χ0v) is 11.9. The maximum absolute atomic E-state index is 13.0. The van der Waals surface area contributed by atoms with E-state index < -0.39 is 16.0 Å². The van der Waals surface area contributed by atoms with E-state index in [-0.39, 0.29) is 19.2 Å². The largest absolute Gasteiger partial charge is 0.395 e. The number of halogens is 1. The van der Waals surface area contributed by atoms with Crippen LogP contribution in [0.5, 0.6) is 0 Å². The van der Waals surface area contributed by atoms with Gasteiger partial charge in [-0.05, 0) is 30.5 Å². The maximum Gasteiger partial charge on any atom is 0.280 e. The molecule has 0 amide bonds. The molecule has 0 spiro atoms. The molecule has 112 valence electrons. The Labute approximate surface area is 118 Å². The van der Waals surface area contributed by atoms with Crippen LogP contribution in [0, 0.1) is 5.82 Å². The second-order valence-electron chi connectivity index (χ2n) is 4.90. The number of piperidine rings is 1. The summed E-state index contributed by atoms with van der Waals surface area (Å²) in [6.07, 6.45) is 2.37. The molecule has 1 fully saturated rings. The molecule has 0 bridgehead atoms. The average Bonchev–Trinajstić information content (AvgIpc) is 2.45. The van der Waals surface area contributed by atoms with Gasteiger partial charge in [0.25, 0.3) is 10.2 Å². The SMILES string of the molecule is O=S(=O)(NCc1cccc(F)c1)N1CCCCC1CO.